The third-order valence-electron chi connectivity index (χ3n) is 7.53. The van der Waals surface area contributed by atoms with Gasteiger partial charge in [-0.15, -0.1) is 11.3 Å². The first-order chi connectivity index (χ1) is 19.8. The maximum atomic E-state index is 12.9. The number of alkyl halides is 3. The van der Waals surface area contributed by atoms with Gasteiger partial charge in [-0.3, -0.25) is 9.69 Å². The average molecular weight is 578 g/mol. The summed E-state index contributed by atoms with van der Waals surface area (Å²) in [5, 5.41) is 14.6. The highest BCUT2D eigenvalue weighted by molar-refractivity contribution is 7.18. The van der Waals surface area contributed by atoms with Crippen LogP contribution in [0.25, 0.3) is 21.1 Å². The Labute approximate surface area is 237 Å². The molecule has 6 rings (SSSR count). The molecule has 4 aromatic heterocycles. The number of halogens is 3. The van der Waals surface area contributed by atoms with E-state index >= 15 is 0 Å². The van der Waals surface area contributed by atoms with Gasteiger partial charge in [0.25, 0.3) is 0 Å². The Morgan fingerprint density at radius 1 is 1.15 bits per heavy atom. The summed E-state index contributed by atoms with van der Waals surface area (Å²) < 4.78 is 40.6. The van der Waals surface area contributed by atoms with Crippen molar-refractivity contribution in [2.75, 3.05) is 18.4 Å². The van der Waals surface area contributed by atoms with Crippen LogP contribution in [0, 0.1) is 11.3 Å². The van der Waals surface area contributed by atoms with Crippen molar-refractivity contribution in [1.29, 1.82) is 5.26 Å². The van der Waals surface area contributed by atoms with E-state index in [1.807, 2.05) is 35.2 Å². The third kappa shape index (κ3) is 5.68. The molecule has 0 unspecified atom stereocenters. The zero-order valence-corrected chi connectivity index (χ0v) is 22.7. The molecule has 1 aliphatic rings. The number of carbonyl (C=O) groups is 1. The van der Waals surface area contributed by atoms with Crippen LogP contribution in [-0.2, 0) is 19.5 Å². The number of nitriles is 1. The molecular weight excluding hydrogens is 551 g/mol. The molecule has 12 heteroatoms. The van der Waals surface area contributed by atoms with Crippen LogP contribution in [0.5, 0.6) is 0 Å². The van der Waals surface area contributed by atoms with Crippen LogP contribution in [0.15, 0.2) is 49.1 Å². The summed E-state index contributed by atoms with van der Waals surface area (Å²) in [7, 11) is 0. The van der Waals surface area contributed by atoms with Gasteiger partial charge < -0.3 is 14.9 Å². The SMILES string of the molecule is N#Cc1cc2c(C=O)c(CN3CCC(Nc4ncnc5sc(CC(F)(F)F)cc45)CC3)ccc2n1Cc1cc[nH]c1. The Bertz CT molecular complexity index is 1740. The predicted octanol–water partition coefficient (Wildman–Crippen LogP) is 5.89. The van der Waals surface area contributed by atoms with E-state index in [9.17, 15) is 23.2 Å². The fraction of sp³-hybridized carbons (Fsp3) is 0.310. The van der Waals surface area contributed by atoms with Crippen LogP contribution in [0.3, 0.4) is 0 Å². The quantitative estimate of drug-likeness (QED) is 0.223. The number of aromatic nitrogens is 4. The molecule has 1 fully saturated rings. The van der Waals surface area contributed by atoms with E-state index in [0.29, 0.717) is 40.4 Å². The highest BCUT2D eigenvalue weighted by Gasteiger charge is 2.29. The summed E-state index contributed by atoms with van der Waals surface area (Å²) >= 11 is 1.04. The fourth-order valence-electron chi connectivity index (χ4n) is 5.56. The number of hydrogen-bond acceptors (Lipinski definition) is 7. The van der Waals surface area contributed by atoms with Gasteiger partial charge >= 0.3 is 6.18 Å². The molecule has 5 aromatic rings. The number of fused-ring (bicyclic) bond motifs is 2. The standard InChI is InChI=1S/C29H26F3N7OS/c30-29(31,32)11-22-10-24-27(35-17-36-28(24)41-22)37-20-4-7-38(8-5-20)15-19-1-2-26-23(25(19)16-40)9-21(12-33)39(26)14-18-3-6-34-13-18/h1-3,6,9-10,13,16-17,20,34H,4-5,7-8,11,14-15H2,(H,35,36,37). The lowest BCUT2D eigenvalue weighted by Gasteiger charge is -2.33. The van der Waals surface area contributed by atoms with Crippen molar-refractivity contribution in [3.05, 3.63) is 76.3 Å². The van der Waals surface area contributed by atoms with Crippen molar-refractivity contribution >= 4 is 44.6 Å². The number of hydrogen-bond donors (Lipinski definition) is 2. The highest BCUT2D eigenvalue weighted by Crippen LogP contribution is 2.33. The van der Waals surface area contributed by atoms with E-state index in [4.69, 9.17) is 0 Å². The number of H-pyrrole nitrogens is 1. The van der Waals surface area contributed by atoms with Crippen molar-refractivity contribution in [3.8, 4) is 6.07 Å². The molecule has 0 spiro atoms. The van der Waals surface area contributed by atoms with Gasteiger partial charge in [-0.25, -0.2) is 9.97 Å². The summed E-state index contributed by atoms with van der Waals surface area (Å²) in [6.07, 6.45) is 2.37. The second-order valence-electron chi connectivity index (χ2n) is 10.3. The number of benzene rings is 1. The predicted molar refractivity (Wildman–Crippen MR) is 151 cm³/mol. The fourth-order valence-corrected chi connectivity index (χ4v) is 6.58. The molecule has 5 heterocycles. The van der Waals surface area contributed by atoms with Crippen LogP contribution in [0.4, 0.5) is 19.0 Å². The number of aldehydes is 1. The van der Waals surface area contributed by atoms with Gasteiger partial charge in [0, 0.05) is 53.9 Å². The van der Waals surface area contributed by atoms with E-state index < -0.39 is 12.6 Å². The van der Waals surface area contributed by atoms with Gasteiger partial charge in [-0.2, -0.15) is 18.4 Å². The lowest BCUT2D eigenvalue weighted by Crippen LogP contribution is -2.39. The molecule has 8 nitrogen and oxygen atoms in total. The monoisotopic (exact) mass is 577 g/mol. The van der Waals surface area contributed by atoms with Gasteiger partial charge in [0.05, 0.1) is 23.9 Å². The average Bonchev–Trinajstić information content (AvgIpc) is 3.68. The number of aromatic amines is 1. The van der Waals surface area contributed by atoms with Crippen LogP contribution in [0.1, 0.15) is 44.9 Å². The van der Waals surface area contributed by atoms with Gasteiger partial charge in [-0.05, 0) is 48.2 Å². The Kier molecular flexibility index (Phi) is 7.23. The first-order valence-electron chi connectivity index (χ1n) is 13.2. The van der Waals surface area contributed by atoms with Crippen molar-refractivity contribution in [2.24, 2.45) is 0 Å². The zero-order valence-electron chi connectivity index (χ0n) is 21.9. The smallest absolute Gasteiger partial charge is 0.367 e. The largest absolute Gasteiger partial charge is 0.393 e. The summed E-state index contributed by atoms with van der Waals surface area (Å²) in [5.74, 6) is 0.560. The second kappa shape index (κ2) is 11.0. The van der Waals surface area contributed by atoms with E-state index in [-0.39, 0.29) is 10.9 Å². The highest BCUT2D eigenvalue weighted by atomic mass is 32.1. The number of carbonyl (C=O) groups excluding carboxylic acids is 1. The number of likely N-dealkylation sites (tertiary alicyclic amines) is 1. The van der Waals surface area contributed by atoms with Gasteiger partial charge in [0.2, 0.25) is 0 Å². The first-order valence-corrected chi connectivity index (χ1v) is 14.0. The van der Waals surface area contributed by atoms with Gasteiger partial charge in [-0.1, -0.05) is 6.07 Å². The first kappa shape index (κ1) is 27.0. The Balaban J connectivity index is 1.14. The van der Waals surface area contributed by atoms with Crippen LogP contribution in [0.2, 0.25) is 0 Å². The molecule has 0 amide bonds. The molecule has 210 valence electrons. The number of nitrogens with zero attached hydrogens (tertiary/aromatic N) is 5. The van der Waals surface area contributed by atoms with Crippen molar-refractivity contribution in [3.63, 3.8) is 0 Å². The van der Waals surface area contributed by atoms with Crippen molar-refractivity contribution in [1.82, 2.24) is 24.4 Å². The molecule has 0 aliphatic carbocycles. The van der Waals surface area contributed by atoms with E-state index in [0.717, 1.165) is 65.6 Å². The number of nitrogens with one attached hydrogen (secondary N) is 2. The van der Waals surface area contributed by atoms with Crippen LogP contribution < -0.4 is 5.32 Å². The Hall–Kier alpha value is -4.21. The Morgan fingerprint density at radius 2 is 1.98 bits per heavy atom. The molecule has 1 saturated heterocycles. The number of rotatable bonds is 8. The maximum absolute atomic E-state index is 12.9. The molecule has 1 aromatic carbocycles. The minimum Gasteiger partial charge on any atom is -0.367 e. The van der Waals surface area contributed by atoms with Crippen LogP contribution in [-0.4, -0.2) is 56.0 Å². The minimum absolute atomic E-state index is 0.115. The maximum Gasteiger partial charge on any atom is 0.393 e. The normalized spacial score (nSPS) is 15.0. The lowest BCUT2D eigenvalue weighted by atomic mass is 10.0. The molecule has 1 aliphatic heterocycles. The second-order valence-corrected chi connectivity index (χ2v) is 11.4. The van der Waals surface area contributed by atoms with E-state index in [2.05, 4.69) is 31.2 Å². The molecule has 0 atom stereocenters. The molecular formula is C29H26F3N7OS. The van der Waals surface area contributed by atoms with Crippen molar-refractivity contribution in [2.45, 2.75) is 44.6 Å². The molecule has 0 radical (unpaired) electrons. The molecule has 41 heavy (non-hydrogen) atoms. The van der Waals surface area contributed by atoms with Gasteiger partial charge in [0.15, 0.2) is 6.29 Å². The molecule has 2 N–H and O–H groups in total. The lowest BCUT2D eigenvalue weighted by molar-refractivity contribution is -0.126. The Morgan fingerprint density at radius 3 is 2.68 bits per heavy atom. The molecule has 0 bridgehead atoms. The van der Waals surface area contributed by atoms with E-state index in [1.165, 1.54) is 12.4 Å². The topological polar surface area (TPSA) is 103 Å². The van der Waals surface area contributed by atoms with Crippen LogP contribution >= 0.6 is 11.3 Å². The number of thiophene rings is 1. The van der Waals surface area contributed by atoms with E-state index in [1.54, 1.807) is 6.07 Å². The van der Waals surface area contributed by atoms with Gasteiger partial charge in [0.1, 0.15) is 28.7 Å². The number of piperidine rings is 1. The summed E-state index contributed by atoms with van der Waals surface area (Å²) in [4.78, 5) is 26.8. The molecule has 0 saturated carbocycles. The third-order valence-corrected chi connectivity index (χ3v) is 8.57. The summed E-state index contributed by atoms with van der Waals surface area (Å²) in [5.41, 5.74) is 3.90. The number of anilines is 1. The summed E-state index contributed by atoms with van der Waals surface area (Å²) in [6.45, 7) is 2.69. The summed E-state index contributed by atoms with van der Waals surface area (Å²) in [6, 6.07) is 11.6. The zero-order chi connectivity index (χ0) is 28.6. The minimum atomic E-state index is -4.27. The van der Waals surface area contributed by atoms with Crippen molar-refractivity contribution < 1.29 is 18.0 Å².